The van der Waals surface area contributed by atoms with Crippen LogP contribution in [0.4, 0.5) is 0 Å². The van der Waals surface area contributed by atoms with E-state index in [2.05, 4.69) is 10.4 Å². The van der Waals surface area contributed by atoms with E-state index in [9.17, 15) is 9.59 Å². The van der Waals surface area contributed by atoms with Crippen molar-refractivity contribution < 1.29 is 14.3 Å². The highest BCUT2D eigenvalue weighted by atomic mass is 16.5. The maximum Gasteiger partial charge on any atom is 0.346 e. The van der Waals surface area contributed by atoms with Crippen molar-refractivity contribution in [1.82, 2.24) is 15.1 Å². The van der Waals surface area contributed by atoms with Crippen LogP contribution in [0, 0.1) is 0 Å². The highest BCUT2D eigenvalue weighted by Crippen LogP contribution is 2.27. The van der Waals surface area contributed by atoms with E-state index in [-0.39, 0.29) is 5.91 Å². The first kappa shape index (κ1) is 16.2. The van der Waals surface area contributed by atoms with Gasteiger partial charge < -0.3 is 10.1 Å². The summed E-state index contributed by atoms with van der Waals surface area (Å²) in [7, 11) is 1.57. The highest BCUT2D eigenvalue weighted by Gasteiger charge is 2.18. The number of hydrogen-bond acceptors (Lipinski definition) is 4. The topological polar surface area (TPSA) is 73.2 Å². The predicted octanol–water partition coefficient (Wildman–Crippen LogP) is 2.97. The molecule has 1 N–H and O–H groups in total. The molecule has 126 valence electrons. The zero-order chi connectivity index (χ0) is 16.9. The van der Waals surface area contributed by atoms with E-state index >= 15 is 0 Å². The zero-order valence-electron chi connectivity index (χ0n) is 13.7. The Labute approximate surface area is 140 Å². The minimum Gasteiger partial charge on any atom is -0.423 e. The molecule has 24 heavy (non-hydrogen) atoms. The third-order valence-electron chi connectivity index (χ3n) is 4.34. The molecule has 0 spiro atoms. The van der Waals surface area contributed by atoms with E-state index in [1.165, 1.54) is 19.3 Å². The maximum absolute atomic E-state index is 12.2. The van der Waals surface area contributed by atoms with Gasteiger partial charge in [0.15, 0.2) is 0 Å². The minimum atomic E-state index is -0.440. The van der Waals surface area contributed by atoms with Crippen LogP contribution in [0.2, 0.25) is 0 Å². The van der Waals surface area contributed by atoms with Gasteiger partial charge in [-0.2, -0.15) is 5.10 Å². The summed E-state index contributed by atoms with van der Waals surface area (Å²) in [6, 6.07) is 6.83. The van der Waals surface area contributed by atoms with Gasteiger partial charge in [-0.05, 0) is 37.1 Å². The Hall–Kier alpha value is -2.63. The third-order valence-corrected chi connectivity index (χ3v) is 4.34. The molecule has 1 amide bonds. The predicted molar refractivity (Wildman–Crippen MR) is 89.1 cm³/mol. The number of nitrogens with one attached hydrogen (secondary N) is 1. The van der Waals surface area contributed by atoms with Gasteiger partial charge in [-0.25, -0.2) is 4.79 Å². The normalized spacial score (nSPS) is 15.0. The molecule has 0 bridgehead atoms. The molecule has 0 saturated heterocycles. The van der Waals surface area contributed by atoms with Crippen LogP contribution in [-0.4, -0.2) is 28.7 Å². The summed E-state index contributed by atoms with van der Waals surface area (Å²) < 4.78 is 7.22. The minimum absolute atomic E-state index is 0.179. The second-order valence-corrected chi connectivity index (χ2v) is 5.99. The Morgan fingerprint density at radius 3 is 2.50 bits per heavy atom. The second kappa shape index (κ2) is 7.29. The molecule has 0 aliphatic heterocycles. The molecule has 1 fully saturated rings. The van der Waals surface area contributed by atoms with E-state index in [0.717, 1.165) is 12.8 Å². The first-order valence-electron chi connectivity index (χ1n) is 8.26. The number of hydrogen-bond donors (Lipinski definition) is 1. The fraction of sp³-hybridized carbons (Fsp3) is 0.389. The van der Waals surface area contributed by atoms with Gasteiger partial charge in [0.05, 0.1) is 17.8 Å². The molecule has 6 heteroatoms. The molecule has 0 atom stereocenters. The number of aromatic nitrogens is 2. The summed E-state index contributed by atoms with van der Waals surface area (Å²) in [6.45, 7) is 0. The largest absolute Gasteiger partial charge is 0.423 e. The monoisotopic (exact) mass is 327 g/mol. The fourth-order valence-electron chi connectivity index (χ4n) is 2.97. The highest BCUT2D eigenvalue weighted by molar-refractivity contribution is 5.94. The molecular weight excluding hydrogens is 306 g/mol. The van der Waals surface area contributed by atoms with Gasteiger partial charge in [-0.3, -0.25) is 9.48 Å². The molecule has 6 nitrogen and oxygen atoms in total. The first-order valence-corrected chi connectivity index (χ1v) is 8.26. The Bertz CT molecular complexity index is 715. The van der Waals surface area contributed by atoms with E-state index in [1.807, 2.05) is 4.68 Å². The molecule has 1 aromatic heterocycles. The lowest BCUT2D eigenvalue weighted by Crippen LogP contribution is -2.17. The summed E-state index contributed by atoms with van der Waals surface area (Å²) in [6.07, 6.45) is 9.23. The number of benzene rings is 1. The summed E-state index contributed by atoms with van der Waals surface area (Å²) >= 11 is 0. The maximum atomic E-state index is 12.2. The van der Waals surface area contributed by atoms with Gasteiger partial charge in [0.25, 0.3) is 5.91 Å². The van der Waals surface area contributed by atoms with Crippen LogP contribution in [0.15, 0.2) is 36.7 Å². The van der Waals surface area contributed by atoms with Crippen molar-refractivity contribution in [2.75, 3.05) is 7.05 Å². The Kier molecular flexibility index (Phi) is 4.93. The van der Waals surface area contributed by atoms with Gasteiger partial charge in [-0.15, -0.1) is 0 Å². The molecular formula is C18H21N3O3. The van der Waals surface area contributed by atoms with Gasteiger partial charge in [0.2, 0.25) is 0 Å². The lowest BCUT2D eigenvalue weighted by Gasteiger charge is -2.21. The van der Waals surface area contributed by atoms with Gasteiger partial charge >= 0.3 is 5.97 Å². The van der Waals surface area contributed by atoms with Crippen molar-refractivity contribution in [1.29, 1.82) is 0 Å². The lowest BCUT2D eigenvalue weighted by molar-refractivity contribution is 0.0734. The van der Waals surface area contributed by atoms with E-state index < -0.39 is 5.97 Å². The Balaban J connectivity index is 1.64. The standard InChI is InChI=1S/C18H21N3O3/c1-19-17(22)13-7-9-16(10-8-13)24-18(23)14-11-20-21(12-14)15-5-3-2-4-6-15/h7-12,15H,2-6H2,1H3,(H,19,22). The van der Waals surface area contributed by atoms with Crippen LogP contribution in [0.25, 0.3) is 0 Å². The molecule has 1 aliphatic carbocycles. The fourth-order valence-corrected chi connectivity index (χ4v) is 2.97. The van der Waals surface area contributed by atoms with E-state index in [4.69, 9.17) is 4.74 Å². The lowest BCUT2D eigenvalue weighted by atomic mass is 9.96. The number of ether oxygens (including phenoxy) is 1. The summed E-state index contributed by atoms with van der Waals surface area (Å²) in [5.74, 6) is -0.218. The molecule has 2 aromatic rings. The summed E-state index contributed by atoms with van der Waals surface area (Å²) in [5.41, 5.74) is 0.957. The molecule has 0 unspecified atom stereocenters. The van der Waals surface area contributed by atoms with Crippen LogP contribution in [0.3, 0.4) is 0 Å². The van der Waals surface area contributed by atoms with Crippen LogP contribution in [0.5, 0.6) is 5.75 Å². The van der Waals surface area contributed by atoms with Crippen molar-refractivity contribution >= 4 is 11.9 Å². The zero-order valence-corrected chi connectivity index (χ0v) is 13.7. The number of rotatable bonds is 4. The molecule has 1 saturated carbocycles. The van der Waals surface area contributed by atoms with Crippen molar-refractivity contribution in [2.45, 2.75) is 38.1 Å². The average molecular weight is 327 g/mol. The Morgan fingerprint density at radius 1 is 1.12 bits per heavy atom. The number of carbonyl (C=O) groups excluding carboxylic acids is 2. The first-order chi connectivity index (χ1) is 11.7. The molecule has 3 rings (SSSR count). The van der Waals surface area contributed by atoms with E-state index in [0.29, 0.717) is 22.9 Å². The number of nitrogens with zero attached hydrogens (tertiary/aromatic N) is 2. The van der Waals surface area contributed by atoms with E-state index in [1.54, 1.807) is 43.7 Å². The number of carbonyl (C=O) groups is 2. The van der Waals surface area contributed by atoms with Crippen LogP contribution >= 0.6 is 0 Å². The average Bonchev–Trinajstić information content (AvgIpc) is 3.13. The van der Waals surface area contributed by atoms with Crippen molar-refractivity contribution in [3.05, 3.63) is 47.8 Å². The van der Waals surface area contributed by atoms with Crippen LogP contribution in [-0.2, 0) is 0 Å². The third kappa shape index (κ3) is 3.64. The van der Waals surface area contributed by atoms with Crippen molar-refractivity contribution in [2.24, 2.45) is 0 Å². The SMILES string of the molecule is CNC(=O)c1ccc(OC(=O)c2cnn(C3CCCCC3)c2)cc1. The van der Waals surface area contributed by atoms with Gasteiger partial charge in [0, 0.05) is 18.8 Å². The number of esters is 1. The van der Waals surface area contributed by atoms with Crippen LogP contribution in [0.1, 0.15) is 58.9 Å². The summed E-state index contributed by atoms with van der Waals surface area (Å²) in [4.78, 5) is 23.7. The molecule has 1 heterocycles. The van der Waals surface area contributed by atoms with Gasteiger partial charge in [-0.1, -0.05) is 19.3 Å². The van der Waals surface area contributed by atoms with Crippen LogP contribution < -0.4 is 10.1 Å². The molecule has 0 radical (unpaired) electrons. The number of amides is 1. The molecule has 1 aliphatic rings. The van der Waals surface area contributed by atoms with Crippen molar-refractivity contribution in [3.8, 4) is 5.75 Å². The Morgan fingerprint density at radius 2 is 1.83 bits per heavy atom. The smallest absolute Gasteiger partial charge is 0.346 e. The summed E-state index contributed by atoms with van der Waals surface area (Å²) in [5, 5.41) is 6.86. The van der Waals surface area contributed by atoms with Crippen molar-refractivity contribution in [3.63, 3.8) is 0 Å². The van der Waals surface area contributed by atoms with Gasteiger partial charge in [0.1, 0.15) is 5.75 Å². The second-order valence-electron chi connectivity index (χ2n) is 5.99. The molecule has 1 aromatic carbocycles. The quantitative estimate of drug-likeness (QED) is 0.692.